The Hall–Kier alpha value is -1.86. The van der Waals surface area contributed by atoms with Crippen molar-refractivity contribution in [2.45, 2.75) is 31.6 Å². The van der Waals surface area contributed by atoms with Crippen LogP contribution in [0, 0.1) is 0 Å². The van der Waals surface area contributed by atoms with Crippen LogP contribution in [0.2, 0.25) is 0 Å². The Kier molecular flexibility index (Phi) is 3.26. The maximum absolute atomic E-state index is 11.6. The van der Waals surface area contributed by atoms with Gasteiger partial charge in [-0.1, -0.05) is 0 Å². The fourth-order valence-corrected chi connectivity index (χ4v) is 2.52. The van der Waals surface area contributed by atoms with Gasteiger partial charge >= 0.3 is 0 Å². The van der Waals surface area contributed by atoms with Gasteiger partial charge in [-0.3, -0.25) is 4.79 Å². The van der Waals surface area contributed by atoms with E-state index in [1.54, 1.807) is 26.0 Å². The minimum Gasteiger partial charge on any atom is -0.485 e. The smallest absolute Gasteiger partial charge is 0.235 e. The van der Waals surface area contributed by atoms with E-state index in [1.807, 2.05) is 0 Å². The van der Waals surface area contributed by atoms with Gasteiger partial charge < -0.3 is 15.2 Å². The number of aliphatic hydroxyl groups is 1. The zero-order valence-corrected chi connectivity index (χ0v) is 12.2. The van der Waals surface area contributed by atoms with Gasteiger partial charge in [0, 0.05) is 11.6 Å². The molecule has 1 aliphatic heterocycles. The summed E-state index contributed by atoms with van der Waals surface area (Å²) in [5.74, 6) is -0.0377. The highest BCUT2D eigenvalue weighted by atomic mass is 35.5. The molecule has 0 fully saturated rings. The van der Waals surface area contributed by atoms with Gasteiger partial charge in [-0.2, -0.15) is 0 Å². The summed E-state index contributed by atoms with van der Waals surface area (Å²) in [5.41, 5.74) is 0.809. The SMILES string of the molecule is CC1(C)Oc2cc3nonc3cc2C(NC(=O)CCl)C1O. The lowest BCUT2D eigenvalue weighted by atomic mass is 9.86. The molecule has 1 aromatic carbocycles. The molecule has 3 rings (SSSR count). The van der Waals surface area contributed by atoms with E-state index in [0.29, 0.717) is 22.3 Å². The van der Waals surface area contributed by atoms with E-state index in [4.69, 9.17) is 16.3 Å². The van der Waals surface area contributed by atoms with Crippen LogP contribution < -0.4 is 10.1 Å². The first kappa shape index (κ1) is 14.1. The average molecular weight is 312 g/mol. The molecule has 21 heavy (non-hydrogen) atoms. The number of carbonyl (C=O) groups excluding carboxylic acids is 1. The first-order chi connectivity index (χ1) is 9.92. The van der Waals surface area contributed by atoms with E-state index < -0.39 is 17.7 Å². The highest BCUT2D eigenvalue weighted by molar-refractivity contribution is 6.27. The monoisotopic (exact) mass is 311 g/mol. The van der Waals surface area contributed by atoms with Crippen molar-refractivity contribution in [3.8, 4) is 5.75 Å². The van der Waals surface area contributed by atoms with E-state index in [2.05, 4.69) is 20.3 Å². The molecule has 2 unspecified atom stereocenters. The normalized spacial score (nSPS) is 23.4. The third-order valence-corrected chi connectivity index (χ3v) is 3.80. The summed E-state index contributed by atoms with van der Waals surface area (Å²) < 4.78 is 10.5. The standard InChI is InChI=1S/C13H14ClN3O4/c1-13(2)12(19)11(15-10(18)5-14)6-3-7-8(17-21-16-7)4-9(6)20-13/h3-4,11-12,19H,5H2,1-2H3,(H,15,18). The lowest BCUT2D eigenvalue weighted by Gasteiger charge is -2.42. The summed E-state index contributed by atoms with van der Waals surface area (Å²) in [6.45, 7) is 3.48. The summed E-state index contributed by atoms with van der Waals surface area (Å²) in [6.07, 6.45) is -0.936. The van der Waals surface area contributed by atoms with Gasteiger partial charge in [0.25, 0.3) is 0 Å². The van der Waals surface area contributed by atoms with Gasteiger partial charge in [0.1, 0.15) is 34.4 Å². The molecule has 0 saturated carbocycles. The molecule has 1 amide bonds. The molecular formula is C13H14ClN3O4. The Morgan fingerprint density at radius 2 is 2.10 bits per heavy atom. The number of halogens is 1. The zero-order chi connectivity index (χ0) is 15.2. The second kappa shape index (κ2) is 4.85. The van der Waals surface area contributed by atoms with Crippen LogP contribution in [-0.2, 0) is 4.79 Å². The molecular weight excluding hydrogens is 298 g/mol. The number of alkyl halides is 1. The Morgan fingerprint density at radius 3 is 2.76 bits per heavy atom. The summed E-state index contributed by atoms with van der Waals surface area (Å²) in [7, 11) is 0. The Labute approximate surface area is 125 Å². The van der Waals surface area contributed by atoms with Crippen molar-refractivity contribution < 1.29 is 19.3 Å². The molecule has 7 nitrogen and oxygen atoms in total. The maximum Gasteiger partial charge on any atom is 0.235 e. The molecule has 8 heteroatoms. The van der Waals surface area contributed by atoms with Gasteiger partial charge in [-0.05, 0) is 30.2 Å². The number of amides is 1. The molecule has 2 atom stereocenters. The molecule has 0 bridgehead atoms. The number of hydrogen-bond donors (Lipinski definition) is 2. The molecule has 0 spiro atoms. The molecule has 2 heterocycles. The first-order valence-electron chi connectivity index (χ1n) is 6.41. The predicted octanol–water partition coefficient (Wildman–Crippen LogP) is 1.15. The van der Waals surface area contributed by atoms with E-state index in [1.165, 1.54) is 0 Å². The van der Waals surface area contributed by atoms with Gasteiger partial charge in [-0.15, -0.1) is 11.6 Å². The number of carbonyl (C=O) groups is 1. The van der Waals surface area contributed by atoms with Crippen molar-refractivity contribution in [3.63, 3.8) is 0 Å². The summed E-state index contributed by atoms with van der Waals surface area (Å²) in [6, 6.07) is 2.71. The summed E-state index contributed by atoms with van der Waals surface area (Å²) in [5, 5.41) is 20.7. The summed E-state index contributed by atoms with van der Waals surface area (Å²) in [4.78, 5) is 11.6. The number of benzene rings is 1. The maximum atomic E-state index is 11.6. The number of rotatable bonds is 2. The van der Waals surface area contributed by atoms with Crippen molar-refractivity contribution in [3.05, 3.63) is 17.7 Å². The Balaban J connectivity index is 2.12. The average Bonchev–Trinajstić information content (AvgIpc) is 2.88. The fraction of sp³-hybridized carbons (Fsp3) is 0.462. The number of nitrogens with zero attached hydrogens (tertiary/aromatic N) is 2. The topological polar surface area (TPSA) is 97.5 Å². The number of fused-ring (bicyclic) bond motifs is 2. The largest absolute Gasteiger partial charge is 0.485 e. The van der Waals surface area contributed by atoms with Crippen LogP contribution in [-0.4, -0.2) is 38.9 Å². The van der Waals surface area contributed by atoms with Crippen molar-refractivity contribution >= 4 is 28.5 Å². The lowest BCUT2D eigenvalue weighted by Crippen LogP contribution is -2.53. The third-order valence-electron chi connectivity index (χ3n) is 3.56. The van der Waals surface area contributed by atoms with E-state index in [9.17, 15) is 9.90 Å². The van der Waals surface area contributed by atoms with Crippen LogP contribution in [0.3, 0.4) is 0 Å². The lowest BCUT2D eigenvalue weighted by molar-refractivity contribution is -0.123. The van der Waals surface area contributed by atoms with Crippen LogP contribution >= 0.6 is 11.6 Å². The van der Waals surface area contributed by atoms with Crippen molar-refractivity contribution in [1.29, 1.82) is 0 Å². The number of aromatic nitrogens is 2. The van der Waals surface area contributed by atoms with Gasteiger partial charge in [0.2, 0.25) is 5.91 Å². The third kappa shape index (κ3) is 2.32. The van der Waals surface area contributed by atoms with Crippen LogP contribution in [0.1, 0.15) is 25.5 Å². The molecule has 1 aliphatic rings. The minimum absolute atomic E-state index is 0.187. The van der Waals surface area contributed by atoms with Gasteiger partial charge in [0.05, 0.1) is 6.04 Å². The summed E-state index contributed by atoms with van der Waals surface area (Å²) >= 11 is 5.53. The highest BCUT2D eigenvalue weighted by Gasteiger charge is 2.43. The fourth-order valence-electron chi connectivity index (χ4n) is 2.44. The van der Waals surface area contributed by atoms with Crippen molar-refractivity contribution in [2.75, 3.05) is 5.88 Å². The second-order valence-electron chi connectivity index (χ2n) is 5.47. The zero-order valence-electron chi connectivity index (χ0n) is 11.5. The van der Waals surface area contributed by atoms with Crippen LogP contribution in [0.25, 0.3) is 11.0 Å². The second-order valence-corrected chi connectivity index (χ2v) is 5.74. The molecule has 112 valence electrons. The van der Waals surface area contributed by atoms with Gasteiger partial charge in [-0.25, -0.2) is 4.63 Å². The quantitative estimate of drug-likeness (QED) is 0.807. The number of hydrogen-bond acceptors (Lipinski definition) is 6. The predicted molar refractivity (Wildman–Crippen MR) is 74.1 cm³/mol. The van der Waals surface area contributed by atoms with Crippen molar-refractivity contribution in [1.82, 2.24) is 15.6 Å². The van der Waals surface area contributed by atoms with Crippen LogP contribution in [0.5, 0.6) is 5.75 Å². The van der Waals surface area contributed by atoms with E-state index in [0.717, 1.165) is 0 Å². The molecule has 0 radical (unpaired) electrons. The molecule has 0 saturated heterocycles. The van der Waals surface area contributed by atoms with E-state index in [-0.39, 0.29) is 11.8 Å². The minimum atomic E-state index is -0.936. The Morgan fingerprint density at radius 1 is 1.43 bits per heavy atom. The highest BCUT2D eigenvalue weighted by Crippen LogP contribution is 2.41. The molecule has 1 aromatic heterocycles. The number of aliphatic hydroxyl groups excluding tert-OH is 1. The van der Waals surface area contributed by atoms with Crippen LogP contribution in [0.15, 0.2) is 16.8 Å². The number of ether oxygens (including phenoxy) is 1. The van der Waals surface area contributed by atoms with E-state index >= 15 is 0 Å². The molecule has 2 N–H and O–H groups in total. The Bertz CT molecular complexity index is 700. The number of nitrogens with one attached hydrogen (secondary N) is 1. The first-order valence-corrected chi connectivity index (χ1v) is 6.94. The molecule has 2 aromatic rings. The van der Waals surface area contributed by atoms with Gasteiger partial charge in [0.15, 0.2) is 0 Å². The van der Waals surface area contributed by atoms with Crippen molar-refractivity contribution in [2.24, 2.45) is 0 Å². The van der Waals surface area contributed by atoms with Crippen LogP contribution in [0.4, 0.5) is 0 Å². The molecule has 0 aliphatic carbocycles.